The monoisotopic (exact) mass is 758 g/mol. The summed E-state index contributed by atoms with van der Waals surface area (Å²) >= 11 is 7.49. The van der Waals surface area contributed by atoms with Gasteiger partial charge in [0.05, 0.1) is 26.3 Å². The first-order valence-corrected chi connectivity index (χ1v) is 19.9. The summed E-state index contributed by atoms with van der Waals surface area (Å²) in [6, 6.07) is 45.8. The minimum absolute atomic E-state index is 0.0378. The lowest BCUT2D eigenvalue weighted by Gasteiger charge is -2.21. The van der Waals surface area contributed by atoms with E-state index in [4.69, 9.17) is 0 Å². The van der Waals surface area contributed by atoms with Gasteiger partial charge in [-0.3, -0.25) is 0 Å². The molecule has 0 atom stereocenters. The average Bonchev–Trinajstić information content (AvgIpc) is 3.92. The molecule has 0 fully saturated rings. The fourth-order valence-corrected chi connectivity index (χ4v) is 12.1. The molecular formula is C46H35BrN2S2. The smallest absolute Gasteiger partial charge is 0.0646 e. The highest BCUT2D eigenvalue weighted by molar-refractivity contribution is 9.10. The largest absolute Gasteiger partial charge is 0.353 e. The number of thiophene rings is 2. The zero-order chi connectivity index (χ0) is 34.6. The van der Waals surface area contributed by atoms with Gasteiger partial charge >= 0.3 is 0 Å². The van der Waals surface area contributed by atoms with Crippen LogP contribution in [0.1, 0.15) is 49.9 Å². The van der Waals surface area contributed by atoms with Crippen molar-refractivity contribution in [2.24, 2.45) is 0 Å². The van der Waals surface area contributed by atoms with E-state index in [-0.39, 0.29) is 10.8 Å². The predicted octanol–water partition coefficient (Wildman–Crippen LogP) is 14.6. The van der Waals surface area contributed by atoms with Gasteiger partial charge in [0.15, 0.2) is 0 Å². The van der Waals surface area contributed by atoms with Gasteiger partial charge in [-0.15, -0.1) is 22.7 Å². The van der Waals surface area contributed by atoms with Crippen molar-refractivity contribution in [1.82, 2.24) is 4.98 Å². The van der Waals surface area contributed by atoms with Crippen LogP contribution in [0.2, 0.25) is 0 Å². The molecule has 6 aromatic carbocycles. The van der Waals surface area contributed by atoms with Gasteiger partial charge in [0.1, 0.15) is 0 Å². The Kier molecular flexibility index (Phi) is 6.80. The molecule has 51 heavy (non-hydrogen) atoms. The Labute approximate surface area is 313 Å². The van der Waals surface area contributed by atoms with Crippen molar-refractivity contribution in [3.63, 3.8) is 0 Å². The van der Waals surface area contributed by atoms with Gasteiger partial charge in [-0.2, -0.15) is 0 Å². The Hall–Kier alpha value is -4.68. The summed E-state index contributed by atoms with van der Waals surface area (Å²) in [7, 11) is 0. The summed E-state index contributed by atoms with van der Waals surface area (Å²) in [5.41, 5.74) is 13.5. The minimum Gasteiger partial charge on any atom is -0.353 e. The topological polar surface area (TPSA) is 27.8 Å². The first-order valence-electron chi connectivity index (χ1n) is 17.5. The molecule has 0 bridgehead atoms. The van der Waals surface area contributed by atoms with Gasteiger partial charge in [-0.05, 0) is 84.3 Å². The van der Waals surface area contributed by atoms with Crippen LogP contribution >= 0.6 is 38.6 Å². The van der Waals surface area contributed by atoms with Gasteiger partial charge in [0.2, 0.25) is 0 Å². The summed E-state index contributed by atoms with van der Waals surface area (Å²) in [4.78, 5) is 6.54. The average molecular weight is 760 g/mol. The standard InChI is InChI=1S/C23H18BrNS.C23H17NS/c1-23(2)16-10-4-3-8-14(16)22-20(23)15-9-7-13-19(21(15)26-22)25-18-12-6-5-11-17(18)24;1-23(2)17-9-5-3-8-15(17)21-19(23)16-12-11-14-13-7-4-6-10-18(13)24-20(14)22(16)25-21/h3-13,25H,1-2H3;3-12,24H,1-2H3. The number of para-hydroxylation sites is 2. The molecule has 5 heteroatoms. The Morgan fingerprint density at radius 1 is 0.510 bits per heavy atom. The van der Waals surface area contributed by atoms with Crippen LogP contribution in [0.4, 0.5) is 11.4 Å². The Morgan fingerprint density at radius 3 is 1.75 bits per heavy atom. The van der Waals surface area contributed by atoms with Gasteiger partial charge in [-0.25, -0.2) is 0 Å². The van der Waals surface area contributed by atoms with E-state index in [2.05, 4.69) is 175 Å². The van der Waals surface area contributed by atoms with E-state index in [1.54, 1.807) is 0 Å². The van der Waals surface area contributed by atoms with Crippen molar-refractivity contribution in [3.05, 3.63) is 154 Å². The highest BCUT2D eigenvalue weighted by Crippen LogP contribution is 2.57. The van der Waals surface area contributed by atoms with Crippen LogP contribution in [-0.2, 0) is 10.8 Å². The maximum absolute atomic E-state index is 3.67. The first kappa shape index (κ1) is 31.1. The van der Waals surface area contributed by atoms with Gasteiger partial charge in [0.25, 0.3) is 0 Å². The molecule has 0 aliphatic heterocycles. The Balaban J connectivity index is 0.000000128. The molecule has 0 unspecified atom stereocenters. The number of rotatable bonds is 2. The molecule has 2 nitrogen and oxygen atoms in total. The zero-order valence-electron chi connectivity index (χ0n) is 28.8. The van der Waals surface area contributed by atoms with Crippen LogP contribution in [0.5, 0.6) is 0 Å². The second kappa shape index (κ2) is 11.2. The van der Waals surface area contributed by atoms with Crippen LogP contribution < -0.4 is 5.32 Å². The maximum atomic E-state index is 3.67. The number of fused-ring (bicyclic) bond motifs is 14. The molecule has 11 rings (SSSR count). The lowest BCUT2D eigenvalue weighted by Crippen LogP contribution is -2.14. The third-order valence-electron chi connectivity index (χ3n) is 11.1. The SMILES string of the molecule is CC1(C)c2ccccc2-c2sc3c(Nc4ccccc4Br)cccc3c21.CC1(C)c2ccccc2-c2sc3c(ccc4c5ccccc5[nH]c43)c21. The van der Waals surface area contributed by atoms with Crippen molar-refractivity contribution >= 4 is 92.0 Å². The van der Waals surface area contributed by atoms with E-state index in [0.29, 0.717) is 0 Å². The summed E-state index contributed by atoms with van der Waals surface area (Å²) in [5.74, 6) is 0. The minimum atomic E-state index is 0.0378. The van der Waals surface area contributed by atoms with Crippen LogP contribution in [-0.4, -0.2) is 4.98 Å². The van der Waals surface area contributed by atoms with Crippen LogP contribution in [0, 0.1) is 0 Å². The second-order valence-corrected chi connectivity index (χ2v) is 17.7. The van der Waals surface area contributed by atoms with E-state index < -0.39 is 0 Å². The molecule has 248 valence electrons. The Morgan fingerprint density at radius 2 is 1.04 bits per heavy atom. The highest BCUT2D eigenvalue weighted by Gasteiger charge is 2.40. The second-order valence-electron chi connectivity index (χ2n) is 14.8. The zero-order valence-corrected chi connectivity index (χ0v) is 32.0. The molecule has 3 aromatic heterocycles. The van der Waals surface area contributed by atoms with Gasteiger partial charge in [-0.1, -0.05) is 131 Å². The lowest BCUT2D eigenvalue weighted by atomic mass is 9.81. The van der Waals surface area contributed by atoms with E-state index in [0.717, 1.165) is 10.2 Å². The number of anilines is 2. The molecule has 2 N–H and O–H groups in total. The van der Waals surface area contributed by atoms with Crippen LogP contribution in [0.3, 0.4) is 0 Å². The summed E-state index contributed by atoms with van der Waals surface area (Å²) in [6.45, 7) is 9.41. The third kappa shape index (κ3) is 4.45. The van der Waals surface area contributed by atoms with Crippen molar-refractivity contribution in [3.8, 4) is 20.9 Å². The maximum Gasteiger partial charge on any atom is 0.0646 e. The molecule has 0 saturated carbocycles. The number of halogens is 1. The first-order chi connectivity index (χ1) is 24.7. The lowest BCUT2D eigenvalue weighted by molar-refractivity contribution is 0.667. The number of H-pyrrole nitrogens is 1. The van der Waals surface area contributed by atoms with E-state index in [9.17, 15) is 0 Å². The molecule has 0 saturated heterocycles. The molecule has 2 aliphatic carbocycles. The fourth-order valence-electron chi connectivity index (χ4n) is 8.74. The molecule has 9 aromatic rings. The third-order valence-corrected chi connectivity index (χ3v) is 14.4. The van der Waals surface area contributed by atoms with Gasteiger partial charge < -0.3 is 10.3 Å². The number of hydrogen-bond donors (Lipinski definition) is 2. The van der Waals surface area contributed by atoms with Crippen molar-refractivity contribution in [2.45, 2.75) is 38.5 Å². The molecule has 3 heterocycles. The van der Waals surface area contributed by atoms with Crippen molar-refractivity contribution < 1.29 is 0 Å². The highest BCUT2D eigenvalue weighted by atomic mass is 79.9. The van der Waals surface area contributed by atoms with E-state index in [1.807, 2.05) is 28.7 Å². The molecule has 2 aliphatic rings. The fraction of sp³-hybridized carbons (Fsp3) is 0.130. The quantitative estimate of drug-likeness (QED) is 0.180. The number of nitrogens with one attached hydrogen (secondary N) is 2. The normalized spacial score (nSPS) is 14.7. The number of aromatic amines is 1. The van der Waals surface area contributed by atoms with Crippen molar-refractivity contribution in [1.29, 1.82) is 0 Å². The molecule has 0 spiro atoms. The van der Waals surface area contributed by atoms with Crippen LogP contribution in [0.25, 0.3) is 62.9 Å². The summed E-state index contributed by atoms with van der Waals surface area (Å²) in [6.07, 6.45) is 0. The summed E-state index contributed by atoms with van der Waals surface area (Å²) < 4.78 is 3.80. The van der Waals surface area contributed by atoms with Crippen molar-refractivity contribution in [2.75, 3.05) is 5.32 Å². The van der Waals surface area contributed by atoms with E-state index in [1.165, 1.54) is 90.8 Å². The van der Waals surface area contributed by atoms with Crippen LogP contribution in [0.15, 0.2) is 132 Å². The molecule has 0 radical (unpaired) electrons. The van der Waals surface area contributed by atoms with Gasteiger partial charge in [0, 0.05) is 41.3 Å². The Bertz CT molecular complexity index is 2870. The molecular weight excluding hydrogens is 725 g/mol. The predicted molar refractivity (Wildman–Crippen MR) is 226 cm³/mol. The molecule has 0 amide bonds. The number of aromatic nitrogens is 1. The number of benzene rings is 6. The number of hydrogen-bond acceptors (Lipinski definition) is 3. The summed E-state index contributed by atoms with van der Waals surface area (Å²) in [5, 5.41) is 9.03. The van der Waals surface area contributed by atoms with E-state index >= 15 is 0 Å².